The molecule has 1 aliphatic carbocycles. The molecule has 150 valence electrons. The molecule has 1 aromatic carbocycles. The number of nitrogens with one attached hydrogen (secondary N) is 1. The molecular formula is C22H24N4O3. The van der Waals surface area contributed by atoms with Crippen LogP contribution in [0, 0.1) is 12.8 Å². The number of amides is 1. The quantitative estimate of drug-likeness (QED) is 0.734. The molecule has 0 radical (unpaired) electrons. The van der Waals surface area contributed by atoms with Crippen molar-refractivity contribution in [1.29, 1.82) is 0 Å². The fourth-order valence-corrected chi connectivity index (χ4v) is 4.13. The van der Waals surface area contributed by atoms with E-state index in [0.29, 0.717) is 17.8 Å². The molecule has 7 nitrogen and oxygen atoms in total. The molecule has 7 heteroatoms. The molecule has 0 bridgehead atoms. The van der Waals surface area contributed by atoms with E-state index in [2.05, 4.69) is 20.2 Å². The highest BCUT2D eigenvalue weighted by Crippen LogP contribution is 2.33. The lowest BCUT2D eigenvalue weighted by Crippen LogP contribution is -2.52. The predicted molar refractivity (Wildman–Crippen MR) is 110 cm³/mol. The summed E-state index contributed by atoms with van der Waals surface area (Å²) in [6.45, 7) is 5.36. The van der Waals surface area contributed by atoms with Crippen molar-refractivity contribution in [3.63, 3.8) is 0 Å². The van der Waals surface area contributed by atoms with Gasteiger partial charge in [0.05, 0.1) is 19.4 Å². The zero-order valence-electron chi connectivity index (χ0n) is 16.4. The van der Waals surface area contributed by atoms with Gasteiger partial charge in [0.1, 0.15) is 5.82 Å². The average molecular weight is 392 g/mol. The van der Waals surface area contributed by atoms with Gasteiger partial charge in [0.25, 0.3) is 0 Å². The fraction of sp³-hybridized carbons (Fsp3) is 0.409. The second-order valence-corrected chi connectivity index (χ2v) is 7.83. The number of anilines is 1. The number of carbonyl (C=O) groups is 1. The highest BCUT2D eigenvalue weighted by molar-refractivity contribution is 5.95. The topological polar surface area (TPSA) is 80.5 Å². The minimum absolute atomic E-state index is 0.0587. The standard InChI is InChI=1S/C22H24N4O3/c1-14-23-13-20(29-14)15-2-3-16-12-24-21(11-17(16)8-15)25-22(27)18-9-19(10-18)26-4-6-28-7-5-26/h2-3,8,11-13,18-19H,4-7,9-10H2,1H3,(H,24,25,27)/t18-,19-. The zero-order valence-corrected chi connectivity index (χ0v) is 16.4. The lowest BCUT2D eigenvalue weighted by Gasteiger charge is -2.43. The summed E-state index contributed by atoms with van der Waals surface area (Å²) in [5.74, 6) is 2.07. The molecule has 1 saturated carbocycles. The van der Waals surface area contributed by atoms with E-state index in [1.54, 1.807) is 12.4 Å². The second kappa shape index (κ2) is 7.57. The maximum absolute atomic E-state index is 12.6. The Morgan fingerprint density at radius 1 is 1.10 bits per heavy atom. The summed E-state index contributed by atoms with van der Waals surface area (Å²) in [4.78, 5) is 23.6. The first-order valence-electron chi connectivity index (χ1n) is 10.1. The number of pyridine rings is 1. The second-order valence-electron chi connectivity index (χ2n) is 7.83. The van der Waals surface area contributed by atoms with Gasteiger partial charge in [-0.15, -0.1) is 0 Å². The maximum atomic E-state index is 12.6. The van der Waals surface area contributed by atoms with Gasteiger partial charge in [-0.05, 0) is 30.4 Å². The highest BCUT2D eigenvalue weighted by atomic mass is 16.5. The number of carbonyl (C=O) groups excluding carboxylic acids is 1. The van der Waals surface area contributed by atoms with Gasteiger partial charge in [0.2, 0.25) is 5.91 Å². The van der Waals surface area contributed by atoms with Gasteiger partial charge in [-0.1, -0.05) is 12.1 Å². The van der Waals surface area contributed by atoms with E-state index in [4.69, 9.17) is 9.15 Å². The SMILES string of the molecule is Cc1ncc(-c2ccc3cnc(NC(=O)[C@H]4C[C@H](N5CCOCC5)C4)cc3c2)o1. The molecule has 2 fully saturated rings. The minimum atomic E-state index is 0.0587. The Morgan fingerprint density at radius 3 is 2.69 bits per heavy atom. The Labute approximate surface area is 169 Å². The van der Waals surface area contributed by atoms with Crippen LogP contribution in [0.25, 0.3) is 22.1 Å². The Bertz CT molecular complexity index is 1040. The predicted octanol–water partition coefficient (Wildman–Crippen LogP) is 3.25. The number of aryl methyl sites for hydroxylation is 1. The molecule has 1 amide bonds. The molecule has 2 aromatic heterocycles. The van der Waals surface area contributed by atoms with E-state index in [9.17, 15) is 4.79 Å². The summed E-state index contributed by atoms with van der Waals surface area (Å²) < 4.78 is 11.0. The number of hydrogen-bond acceptors (Lipinski definition) is 6. The lowest BCUT2D eigenvalue weighted by molar-refractivity contribution is -0.125. The van der Waals surface area contributed by atoms with Gasteiger partial charge in [-0.2, -0.15) is 0 Å². The lowest BCUT2D eigenvalue weighted by atomic mass is 9.78. The van der Waals surface area contributed by atoms with Crippen molar-refractivity contribution in [2.75, 3.05) is 31.6 Å². The number of rotatable bonds is 4. The van der Waals surface area contributed by atoms with E-state index in [1.165, 1.54) is 0 Å². The molecule has 2 aliphatic rings. The van der Waals surface area contributed by atoms with Gasteiger partial charge in [-0.3, -0.25) is 9.69 Å². The number of oxazole rings is 1. The Balaban J connectivity index is 1.26. The van der Waals surface area contributed by atoms with Gasteiger partial charge in [-0.25, -0.2) is 9.97 Å². The molecule has 3 aromatic rings. The third-order valence-electron chi connectivity index (χ3n) is 5.92. The smallest absolute Gasteiger partial charge is 0.228 e. The summed E-state index contributed by atoms with van der Waals surface area (Å²) in [7, 11) is 0. The van der Waals surface area contributed by atoms with E-state index < -0.39 is 0 Å². The van der Waals surface area contributed by atoms with Crippen LogP contribution in [0.2, 0.25) is 0 Å². The average Bonchev–Trinajstić information content (AvgIpc) is 3.13. The summed E-state index contributed by atoms with van der Waals surface area (Å²) in [6, 6.07) is 8.44. The van der Waals surface area contributed by atoms with Gasteiger partial charge >= 0.3 is 0 Å². The van der Waals surface area contributed by atoms with Crippen molar-refractivity contribution in [3.05, 3.63) is 42.5 Å². The van der Waals surface area contributed by atoms with Crippen LogP contribution in [-0.4, -0.2) is 53.1 Å². The van der Waals surface area contributed by atoms with Crippen LogP contribution in [0.15, 0.2) is 41.1 Å². The summed E-state index contributed by atoms with van der Waals surface area (Å²) >= 11 is 0. The van der Waals surface area contributed by atoms with Crippen LogP contribution >= 0.6 is 0 Å². The molecule has 29 heavy (non-hydrogen) atoms. The van der Waals surface area contributed by atoms with Crippen molar-refractivity contribution >= 4 is 22.5 Å². The third-order valence-corrected chi connectivity index (χ3v) is 5.92. The van der Waals surface area contributed by atoms with Crippen molar-refractivity contribution in [2.45, 2.75) is 25.8 Å². The molecule has 5 rings (SSSR count). The molecule has 0 unspecified atom stereocenters. The van der Waals surface area contributed by atoms with E-state index >= 15 is 0 Å². The Morgan fingerprint density at radius 2 is 1.93 bits per heavy atom. The first-order chi connectivity index (χ1) is 14.2. The fourth-order valence-electron chi connectivity index (χ4n) is 4.13. The number of morpholine rings is 1. The molecule has 0 atom stereocenters. The number of hydrogen-bond donors (Lipinski definition) is 1. The van der Waals surface area contributed by atoms with Crippen molar-refractivity contribution < 1.29 is 13.9 Å². The van der Waals surface area contributed by atoms with Gasteiger partial charge < -0.3 is 14.5 Å². The molecule has 1 saturated heterocycles. The van der Waals surface area contributed by atoms with E-state index in [1.807, 2.05) is 31.2 Å². The normalized spacial score (nSPS) is 22.4. The molecule has 3 heterocycles. The van der Waals surface area contributed by atoms with Crippen LogP contribution in [0.3, 0.4) is 0 Å². The van der Waals surface area contributed by atoms with Crippen LogP contribution in [0.4, 0.5) is 5.82 Å². The monoisotopic (exact) mass is 392 g/mol. The number of fused-ring (bicyclic) bond motifs is 1. The number of nitrogens with zero attached hydrogens (tertiary/aromatic N) is 3. The van der Waals surface area contributed by atoms with Crippen molar-refractivity contribution in [3.8, 4) is 11.3 Å². The first kappa shape index (κ1) is 18.3. The van der Waals surface area contributed by atoms with Gasteiger partial charge in [0.15, 0.2) is 11.7 Å². The number of aromatic nitrogens is 2. The maximum Gasteiger partial charge on any atom is 0.228 e. The Kier molecular flexibility index (Phi) is 4.77. The number of ether oxygens (including phenoxy) is 1. The van der Waals surface area contributed by atoms with Crippen molar-refractivity contribution in [1.82, 2.24) is 14.9 Å². The largest absolute Gasteiger partial charge is 0.441 e. The van der Waals surface area contributed by atoms with Crippen LogP contribution in [0.1, 0.15) is 18.7 Å². The summed E-state index contributed by atoms with van der Waals surface area (Å²) in [5.41, 5.74) is 0.953. The first-order valence-corrected chi connectivity index (χ1v) is 10.1. The molecular weight excluding hydrogens is 368 g/mol. The molecule has 1 N–H and O–H groups in total. The highest BCUT2D eigenvalue weighted by Gasteiger charge is 2.38. The third kappa shape index (κ3) is 3.75. The van der Waals surface area contributed by atoms with Crippen molar-refractivity contribution in [2.24, 2.45) is 5.92 Å². The molecule has 0 spiro atoms. The van der Waals surface area contributed by atoms with E-state index in [-0.39, 0.29) is 11.8 Å². The number of benzene rings is 1. The molecule has 1 aliphatic heterocycles. The van der Waals surface area contributed by atoms with Crippen LogP contribution in [-0.2, 0) is 9.53 Å². The Hall–Kier alpha value is -2.77. The minimum Gasteiger partial charge on any atom is -0.441 e. The summed E-state index contributed by atoms with van der Waals surface area (Å²) in [6.07, 6.45) is 5.34. The zero-order chi connectivity index (χ0) is 19.8. The van der Waals surface area contributed by atoms with Crippen LogP contribution < -0.4 is 5.32 Å². The summed E-state index contributed by atoms with van der Waals surface area (Å²) in [5, 5.41) is 5.01. The van der Waals surface area contributed by atoms with Crippen LogP contribution in [0.5, 0.6) is 0 Å². The van der Waals surface area contributed by atoms with E-state index in [0.717, 1.165) is 61.2 Å². The van der Waals surface area contributed by atoms with Gasteiger partial charge in [0, 0.05) is 49.1 Å².